The van der Waals surface area contributed by atoms with Crippen molar-refractivity contribution in [2.24, 2.45) is 10.8 Å². The number of aliphatic hydroxyl groups is 1. The molecule has 0 saturated carbocycles. The van der Waals surface area contributed by atoms with Crippen molar-refractivity contribution in [3.63, 3.8) is 0 Å². The van der Waals surface area contributed by atoms with Gasteiger partial charge in [-0.25, -0.2) is 0 Å². The first-order valence-corrected chi connectivity index (χ1v) is 11.4. The molecule has 2 aromatic rings. The highest BCUT2D eigenvalue weighted by atomic mass is 16.3. The van der Waals surface area contributed by atoms with E-state index < -0.39 is 6.10 Å². The van der Waals surface area contributed by atoms with Crippen LogP contribution in [0.25, 0.3) is 0 Å². The monoisotopic (exact) mass is 408 g/mol. The van der Waals surface area contributed by atoms with Crippen LogP contribution in [0.4, 0.5) is 0 Å². The molecule has 2 aromatic carbocycles. The molecule has 0 amide bonds. The van der Waals surface area contributed by atoms with Gasteiger partial charge >= 0.3 is 0 Å². The molecule has 0 atom stereocenters. The van der Waals surface area contributed by atoms with Crippen LogP contribution in [-0.4, -0.2) is 5.11 Å². The standard InChI is InChI=1S/C29H44O/c1-26(2,3)19-28(7,8)23-15-11-21(12-16-23)25(30)22-13-17-24(18-14-22)29(9,10)20-27(4,5)6/h11-18,25,30H,19-20H2,1-10H3. The summed E-state index contributed by atoms with van der Waals surface area (Å²) < 4.78 is 0. The third-order valence-electron chi connectivity index (χ3n) is 5.96. The molecule has 0 saturated heterocycles. The zero-order valence-electron chi connectivity index (χ0n) is 21.1. The van der Waals surface area contributed by atoms with Crippen molar-refractivity contribution < 1.29 is 5.11 Å². The van der Waals surface area contributed by atoms with Gasteiger partial charge in [-0.2, -0.15) is 0 Å². The molecule has 1 nitrogen and oxygen atoms in total. The second kappa shape index (κ2) is 8.50. The van der Waals surface area contributed by atoms with Crippen LogP contribution in [0.2, 0.25) is 0 Å². The maximum atomic E-state index is 11.0. The molecule has 0 bridgehead atoms. The summed E-state index contributed by atoms with van der Waals surface area (Å²) in [5, 5.41) is 11.0. The second-order valence-corrected chi connectivity index (χ2v) is 12.9. The normalized spacial score (nSPS) is 13.7. The van der Waals surface area contributed by atoms with E-state index in [-0.39, 0.29) is 21.7 Å². The van der Waals surface area contributed by atoms with E-state index in [9.17, 15) is 5.11 Å². The van der Waals surface area contributed by atoms with E-state index in [0.29, 0.717) is 0 Å². The van der Waals surface area contributed by atoms with Gasteiger partial charge in [0.1, 0.15) is 6.10 Å². The third kappa shape index (κ3) is 6.71. The molecule has 30 heavy (non-hydrogen) atoms. The number of hydrogen-bond acceptors (Lipinski definition) is 1. The summed E-state index contributed by atoms with van der Waals surface area (Å²) in [6.07, 6.45) is 1.64. The van der Waals surface area contributed by atoms with Gasteiger partial charge in [0.25, 0.3) is 0 Å². The Kier molecular flexibility index (Phi) is 6.99. The first-order valence-electron chi connectivity index (χ1n) is 11.4. The summed E-state index contributed by atoms with van der Waals surface area (Å²) in [6, 6.07) is 17.1. The number of rotatable bonds is 6. The minimum Gasteiger partial charge on any atom is -0.384 e. The van der Waals surface area contributed by atoms with E-state index in [1.807, 2.05) is 0 Å². The topological polar surface area (TPSA) is 20.2 Å². The van der Waals surface area contributed by atoms with Gasteiger partial charge in [-0.1, -0.05) is 118 Å². The first-order chi connectivity index (χ1) is 13.5. The Labute approximate surface area is 185 Å². The highest BCUT2D eigenvalue weighted by Crippen LogP contribution is 2.38. The molecule has 1 heteroatoms. The van der Waals surface area contributed by atoms with Crippen molar-refractivity contribution in [3.8, 4) is 0 Å². The van der Waals surface area contributed by atoms with Crippen LogP contribution in [-0.2, 0) is 10.8 Å². The van der Waals surface area contributed by atoms with E-state index >= 15 is 0 Å². The van der Waals surface area contributed by atoms with Crippen molar-refractivity contribution in [1.82, 2.24) is 0 Å². The van der Waals surface area contributed by atoms with Gasteiger partial charge in [-0.3, -0.25) is 0 Å². The fourth-order valence-electron chi connectivity index (χ4n) is 5.28. The number of benzene rings is 2. The molecule has 1 N–H and O–H groups in total. The highest BCUT2D eigenvalue weighted by molar-refractivity contribution is 5.36. The molecule has 2 rings (SSSR count). The van der Waals surface area contributed by atoms with Crippen LogP contribution < -0.4 is 0 Å². The van der Waals surface area contributed by atoms with E-state index in [4.69, 9.17) is 0 Å². The molecule has 0 unspecified atom stereocenters. The van der Waals surface area contributed by atoms with Crippen molar-refractivity contribution in [2.45, 2.75) is 99.0 Å². The van der Waals surface area contributed by atoms with Gasteiger partial charge in [0.2, 0.25) is 0 Å². The Bertz CT molecular complexity index is 737. The molecule has 0 aliphatic heterocycles. The van der Waals surface area contributed by atoms with E-state index in [2.05, 4.69) is 118 Å². The summed E-state index contributed by atoms with van der Waals surface area (Å²) in [4.78, 5) is 0. The molecular weight excluding hydrogens is 364 g/mol. The Morgan fingerprint density at radius 2 is 0.800 bits per heavy atom. The molecule has 0 fully saturated rings. The highest BCUT2D eigenvalue weighted by Gasteiger charge is 2.28. The van der Waals surface area contributed by atoms with Crippen molar-refractivity contribution in [3.05, 3.63) is 70.8 Å². The van der Waals surface area contributed by atoms with Crippen molar-refractivity contribution in [2.75, 3.05) is 0 Å². The minimum absolute atomic E-state index is 0.113. The molecule has 166 valence electrons. The van der Waals surface area contributed by atoms with E-state index in [1.54, 1.807) is 0 Å². The molecule has 0 aliphatic rings. The summed E-state index contributed by atoms with van der Waals surface area (Å²) in [5.74, 6) is 0. The van der Waals surface area contributed by atoms with Gasteiger partial charge < -0.3 is 5.11 Å². The SMILES string of the molecule is CC(C)(C)CC(C)(C)c1ccc(C(O)c2ccc(C(C)(C)CC(C)(C)C)cc2)cc1. The quantitative estimate of drug-likeness (QED) is 0.510. The van der Waals surface area contributed by atoms with Gasteiger partial charge in [0.15, 0.2) is 0 Å². The average Bonchev–Trinajstić information content (AvgIpc) is 2.57. The van der Waals surface area contributed by atoms with Crippen LogP contribution in [0.1, 0.15) is 110 Å². The predicted octanol–water partition coefficient (Wildman–Crippen LogP) is 8.20. The van der Waals surface area contributed by atoms with Gasteiger partial charge in [0.05, 0.1) is 0 Å². The van der Waals surface area contributed by atoms with Crippen LogP contribution in [0.3, 0.4) is 0 Å². The molecule has 0 radical (unpaired) electrons. The largest absolute Gasteiger partial charge is 0.384 e. The summed E-state index contributed by atoms with van der Waals surface area (Å²) in [7, 11) is 0. The number of aliphatic hydroxyl groups excluding tert-OH is 1. The summed E-state index contributed by atoms with van der Waals surface area (Å²) >= 11 is 0. The van der Waals surface area contributed by atoms with Crippen LogP contribution >= 0.6 is 0 Å². The summed E-state index contributed by atoms with van der Waals surface area (Å²) in [6.45, 7) is 23.0. The Balaban J connectivity index is 2.18. The Hall–Kier alpha value is -1.60. The number of hydrogen-bond donors (Lipinski definition) is 1. The molecule has 0 heterocycles. The van der Waals surface area contributed by atoms with Crippen molar-refractivity contribution in [1.29, 1.82) is 0 Å². The maximum absolute atomic E-state index is 11.0. The zero-order chi connectivity index (χ0) is 23.0. The Morgan fingerprint density at radius 1 is 0.533 bits per heavy atom. The third-order valence-corrected chi connectivity index (χ3v) is 5.96. The maximum Gasteiger partial charge on any atom is 0.104 e. The summed E-state index contributed by atoms with van der Waals surface area (Å²) in [5.41, 5.74) is 5.35. The van der Waals surface area contributed by atoms with Crippen LogP contribution in [0, 0.1) is 10.8 Å². The molecular formula is C29H44O. The lowest BCUT2D eigenvalue weighted by Crippen LogP contribution is -2.25. The van der Waals surface area contributed by atoms with Gasteiger partial charge in [-0.15, -0.1) is 0 Å². The second-order valence-electron chi connectivity index (χ2n) is 12.9. The lowest BCUT2D eigenvalue weighted by molar-refractivity contribution is 0.220. The smallest absolute Gasteiger partial charge is 0.104 e. The average molecular weight is 409 g/mol. The molecule has 0 spiro atoms. The van der Waals surface area contributed by atoms with Crippen LogP contribution in [0.5, 0.6) is 0 Å². The van der Waals surface area contributed by atoms with Gasteiger partial charge in [0, 0.05) is 0 Å². The van der Waals surface area contributed by atoms with E-state index in [1.165, 1.54) is 11.1 Å². The fourth-order valence-corrected chi connectivity index (χ4v) is 5.28. The zero-order valence-corrected chi connectivity index (χ0v) is 21.1. The van der Waals surface area contributed by atoms with Crippen molar-refractivity contribution >= 4 is 0 Å². The van der Waals surface area contributed by atoms with Crippen LogP contribution in [0.15, 0.2) is 48.5 Å². The molecule has 0 aromatic heterocycles. The fraction of sp³-hybridized carbons (Fsp3) is 0.586. The lowest BCUT2D eigenvalue weighted by atomic mass is 9.72. The minimum atomic E-state index is -0.593. The molecule has 0 aliphatic carbocycles. The lowest BCUT2D eigenvalue weighted by Gasteiger charge is -2.33. The van der Waals surface area contributed by atoms with Gasteiger partial charge in [-0.05, 0) is 56.8 Å². The van der Waals surface area contributed by atoms with E-state index in [0.717, 1.165) is 24.0 Å². The first kappa shape index (κ1) is 24.7. The Morgan fingerprint density at radius 3 is 1.03 bits per heavy atom. The predicted molar refractivity (Wildman–Crippen MR) is 131 cm³/mol.